The summed E-state index contributed by atoms with van der Waals surface area (Å²) in [5.74, 6) is 1.59. The van der Waals surface area contributed by atoms with E-state index in [9.17, 15) is 0 Å². The smallest absolute Gasteiger partial charge is 0.160 e. The van der Waals surface area contributed by atoms with Crippen molar-refractivity contribution >= 4 is 0 Å². The Morgan fingerprint density at radius 3 is 2.72 bits per heavy atom. The number of piperazine rings is 1. The van der Waals surface area contributed by atoms with Crippen molar-refractivity contribution < 1.29 is 9.47 Å². The average molecular weight is 250 g/mol. The number of hydrogen-bond acceptors (Lipinski definition) is 4. The Balaban J connectivity index is 2.04. The van der Waals surface area contributed by atoms with E-state index in [4.69, 9.17) is 9.47 Å². The summed E-state index contributed by atoms with van der Waals surface area (Å²) < 4.78 is 10.6. The van der Waals surface area contributed by atoms with Gasteiger partial charge in [0.2, 0.25) is 0 Å². The van der Waals surface area contributed by atoms with Crippen LogP contribution in [0, 0.1) is 0 Å². The van der Waals surface area contributed by atoms with Gasteiger partial charge in [0.05, 0.1) is 14.2 Å². The molecule has 1 aliphatic rings. The van der Waals surface area contributed by atoms with Crippen LogP contribution in [0.3, 0.4) is 0 Å². The molecule has 0 spiro atoms. The summed E-state index contributed by atoms with van der Waals surface area (Å²) in [5.41, 5.74) is 1.28. The third-order valence-corrected chi connectivity index (χ3v) is 3.39. The largest absolute Gasteiger partial charge is 0.493 e. The minimum atomic E-state index is 0.516. The summed E-state index contributed by atoms with van der Waals surface area (Å²) in [7, 11) is 5.51. The van der Waals surface area contributed by atoms with E-state index in [-0.39, 0.29) is 0 Å². The Bertz CT molecular complexity index is 395. The number of nitrogens with one attached hydrogen (secondary N) is 1. The molecule has 1 unspecified atom stereocenters. The van der Waals surface area contributed by atoms with Crippen LogP contribution in [0.1, 0.15) is 5.56 Å². The fourth-order valence-electron chi connectivity index (χ4n) is 2.42. The first kappa shape index (κ1) is 13.2. The van der Waals surface area contributed by atoms with Crippen LogP contribution in [0.5, 0.6) is 11.5 Å². The second-order valence-electron chi connectivity index (χ2n) is 4.81. The topological polar surface area (TPSA) is 33.7 Å². The monoisotopic (exact) mass is 250 g/mol. The van der Waals surface area contributed by atoms with E-state index in [0.29, 0.717) is 6.04 Å². The molecule has 1 atom stereocenters. The van der Waals surface area contributed by atoms with Gasteiger partial charge in [-0.15, -0.1) is 0 Å². The zero-order valence-corrected chi connectivity index (χ0v) is 11.4. The van der Waals surface area contributed by atoms with E-state index in [2.05, 4.69) is 29.4 Å². The summed E-state index contributed by atoms with van der Waals surface area (Å²) in [6.45, 7) is 3.28. The Morgan fingerprint density at radius 2 is 2.06 bits per heavy atom. The molecule has 0 aliphatic carbocycles. The minimum Gasteiger partial charge on any atom is -0.493 e. The van der Waals surface area contributed by atoms with Gasteiger partial charge in [-0.25, -0.2) is 0 Å². The molecule has 1 heterocycles. The molecule has 0 aromatic heterocycles. The van der Waals surface area contributed by atoms with Gasteiger partial charge in [-0.3, -0.25) is 0 Å². The maximum Gasteiger partial charge on any atom is 0.160 e. The van der Waals surface area contributed by atoms with Crippen LogP contribution in [0.25, 0.3) is 0 Å². The number of ether oxygens (including phenoxy) is 2. The maximum atomic E-state index is 5.33. The van der Waals surface area contributed by atoms with Crippen molar-refractivity contribution in [1.82, 2.24) is 10.2 Å². The van der Waals surface area contributed by atoms with Gasteiger partial charge in [-0.1, -0.05) is 6.07 Å². The fraction of sp³-hybridized carbons (Fsp3) is 0.571. The fourth-order valence-corrected chi connectivity index (χ4v) is 2.42. The molecule has 0 bridgehead atoms. The summed E-state index contributed by atoms with van der Waals surface area (Å²) in [4.78, 5) is 2.36. The standard InChI is InChI=1S/C14H22N2O2/c1-16-7-6-15-12(10-16)8-11-4-5-13(17-2)14(9-11)18-3/h4-5,9,12,15H,6-8,10H2,1-3H3. The van der Waals surface area contributed by atoms with Gasteiger partial charge in [-0.2, -0.15) is 0 Å². The third kappa shape index (κ3) is 3.15. The highest BCUT2D eigenvalue weighted by Gasteiger charge is 2.17. The van der Waals surface area contributed by atoms with Crippen molar-refractivity contribution in [2.24, 2.45) is 0 Å². The number of nitrogens with zero attached hydrogens (tertiary/aromatic N) is 1. The van der Waals surface area contributed by atoms with E-state index in [0.717, 1.165) is 37.6 Å². The molecular formula is C14H22N2O2. The SMILES string of the molecule is COc1ccc(CC2CN(C)CCN2)cc1OC. The Labute approximate surface area is 109 Å². The molecule has 0 amide bonds. The van der Waals surface area contributed by atoms with Gasteiger partial charge in [0.1, 0.15) is 0 Å². The van der Waals surface area contributed by atoms with Crippen LogP contribution in [0.2, 0.25) is 0 Å². The van der Waals surface area contributed by atoms with Gasteiger partial charge in [0.15, 0.2) is 11.5 Å². The normalized spacial score (nSPS) is 20.7. The van der Waals surface area contributed by atoms with Crippen molar-refractivity contribution in [3.05, 3.63) is 23.8 Å². The molecule has 1 aromatic rings. The van der Waals surface area contributed by atoms with Gasteiger partial charge < -0.3 is 19.7 Å². The van der Waals surface area contributed by atoms with E-state index in [1.54, 1.807) is 14.2 Å². The molecule has 2 rings (SSSR count). The van der Waals surface area contributed by atoms with E-state index < -0.39 is 0 Å². The van der Waals surface area contributed by atoms with Crippen LogP contribution in [0.4, 0.5) is 0 Å². The molecule has 0 saturated carbocycles. The first-order valence-corrected chi connectivity index (χ1v) is 6.35. The van der Waals surface area contributed by atoms with E-state index in [1.165, 1.54) is 5.56 Å². The summed E-state index contributed by atoms with van der Waals surface area (Å²) >= 11 is 0. The zero-order valence-electron chi connectivity index (χ0n) is 11.4. The second-order valence-corrected chi connectivity index (χ2v) is 4.81. The van der Waals surface area contributed by atoms with Crippen molar-refractivity contribution in [3.8, 4) is 11.5 Å². The lowest BCUT2D eigenvalue weighted by molar-refractivity contribution is 0.238. The van der Waals surface area contributed by atoms with Gasteiger partial charge in [0, 0.05) is 25.7 Å². The number of hydrogen-bond donors (Lipinski definition) is 1. The molecule has 1 aromatic carbocycles. The Morgan fingerprint density at radius 1 is 1.28 bits per heavy atom. The molecule has 1 saturated heterocycles. The number of rotatable bonds is 4. The summed E-state index contributed by atoms with van der Waals surface area (Å²) in [5, 5.41) is 3.55. The predicted molar refractivity (Wildman–Crippen MR) is 72.5 cm³/mol. The van der Waals surface area contributed by atoms with Crippen molar-refractivity contribution in [1.29, 1.82) is 0 Å². The summed E-state index contributed by atoms with van der Waals surface area (Å²) in [6.07, 6.45) is 1.02. The lowest BCUT2D eigenvalue weighted by Gasteiger charge is -2.31. The van der Waals surface area contributed by atoms with Gasteiger partial charge in [-0.05, 0) is 31.2 Å². The number of methoxy groups -OCH3 is 2. The van der Waals surface area contributed by atoms with Crippen molar-refractivity contribution in [3.63, 3.8) is 0 Å². The lowest BCUT2D eigenvalue weighted by Crippen LogP contribution is -2.49. The first-order chi connectivity index (χ1) is 8.72. The molecular weight excluding hydrogens is 228 g/mol. The van der Waals surface area contributed by atoms with E-state index in [1.807, 2.05) is 6.07 Å². The molecule has 4 nitrogen and oxygen atoms in total. The molecule has 0 radical (unpaired) electrons. The van der Waals surface area contributed by atoms with Crippen molar-refractivity contribution in [2.75, 3.05) is 40.9 Å². The zero-order chi connectivity index (χ0) is 13.0. The van der Waals surface area contributed by atoms with Gasteiger partial charge >= 0.3 is 0 Å². The minimum absolute atomic E-state index is 0.516. The Hall–Kier alpha value is -1.26. The predicted octanol–water partition coefficient (Wildman–Crippen LogP) is 1.15. The molecule has 4 heteroatoms. The second kappa shape index (κ2) is 6.07. The highest BCUT2D eigenvalue weighted by Crippen LogP contribution is 2.28. The van der Waals surface area contributed by atoms with Crippen LogP contribution >= 0.6 is 0 Å². The summed E-state index contributed by atoms with van der Waals surface area (Å²) in [6, 6.07) is 6.66. The number of likely N-dealkylation sites (N-methyl/N-ethyl adjacent to an activating group) is 1. The Kier molecular flexibility index (Phi) is 4.44. The molecule has 1 N–H and O–H groups in total. The third-order valence-electron chi connectivity index (χ3n) is 3.39. The van der Waals surface area contributed by atoms with E-state index >= 15 is 0 Å². The average Bonchev–Trinajstić information content (AvgIpc) is 2.38. The quantitative estimate of drug-likeness (QED) is 0.869. The van der Waals surface area contributed by atoms with Crippen LogP contribution in [-0.4, -0.2) is 51.8 Å². The first-order valence-electron chi connectivity index (χ1n) is 6.35. The van der Waals surface area contributed by atoms with Crippen LogP contribution in [-0.2, 0) is 6.42 Å². The molecule has 100 valence electrons. The van der Waals surface area contributed by atoms with Crippen molar-refractivity contribution in [2.45, 2.75) is 12.5 Å². The highest BCUT2D eigenvalue weighted by molar-refractivity contribution is 5.43. The number of benzene rings is 1. The van der Waals surface area contributed by atoms with Gasteiger partial charge in [0.25, 0.3) is 0 Å². The molecule has 18 heavy (non-hydrogen) atoms. The maximum absolute atomic E-state index is 5.33. The lowest BCUT2D eigenvalue weighted by atomic mass is 10.0. The molecule has 1 fully saturated rings. The molecule has 1 aliphatic heterocycles. The van der Waals surface area contributed by atoms with Crippen LogP contribution < -0.4 is 14.8 Å². The highest BCUT2D eigenvalue weighted by atomic mass is 16.5. The van der Waals surface area contributed by atoms with Crippen LogP contribution in [0.15, 0.2) is 18.2 Å².